The average Bonchev–Trinajstić information content (AvgIpc) is 2.40. The molecule has 0 saturated carbocycles. The van der Waals surface area contributed by atoms with Crippen LogP contribution in [0.4, 0.5) is 0 Å². The number of fused-ring (bicyclic) bond motifs is 2. The fourth-order valence-electron chi connectivity index (χ4n) is 1.92. The normalized spacial score (nSPS) is 37.1. The number of nitrogens with zero attached hydrogens (tertiary/aromatic N) is 2. The van der Waals surface area contributed by atoms with Crippen LogP contribution in [0.2, 0.25) is 0 Å². The first kappa shape index (κ1) is 7.06. The third-order valence-electron chi connectivity index (χ3n) is 2.56. The van der Waals surface area contributed by atoms with Crippen molar-refractivity contribution < 1.29 is 4.79 Å². The molecule has 4 heteroatoms. The molecule has 11 heavy (non-hydrogen) atoms. The fourth-order valence-corrected chi connectivity index (χ4v) is 1.92. The number of hydrazine groups is 2. The smallest absolute Gasteiger partial charge is 0.222 e. The highest BCUT2D eigenvalue weighted by molar-refractivity contribution is 5.44. The molecule has 0 aromatic rings. The summed E-state index contributed by atoms with van der Waals surface area (Å²) in [4.78, 5) is 10.2. The minimum atomic E-state index is 0.749. The minimum Gasteiger partial charge on any atom is -0.278 e. The standard InChI is InChI=1S/C7H13N3O/c11-6-8-10-4-2-7-1-3-9(10)5-7/h6-7H,1-5H2,(H,8,11). The van der Waals surface area contributed by atoms with Gasteiger partial charge in [0.2, 0.25) is 6.41 Å². The summed E-state index contributed by atoms with van der Waals surface area (Å²) in [7, 11) is 0. The van der Waals surface area contributed by atoms with Crippen LogP contribution >= 0.6 is 0 Å². The summed E-state index contributed by atoms with van der Waals surface area (Å²) in [6, 6.07) is 0. The molecule has 0 aromatic carbocycles. The molecular formula is C7H13N3O. The van der Waals surface area contributed by atoms with Gasteiger partial charge in [-0.2, -0.15) is 5.12 Å². The van der Waals surface area contributed by atoms with E-state index in [0.29, 0.717) is 0 Å². The van der Waals surface area contributed by atoms with E-state index in [2.05, 4.69) is 10.4 Å². The Morgan fingerprint density at radius 2 is 2.18 bits per heavy atom. The zero-order valence-corrected chi connectivity index (χ0v) is 6.49. The van der Waals surface area contributed by atoms with Crippen LogP contribution < -0.4 is 5.43 Å². The van der Waals surface area contributed by atoms with Crippen LogP contribution in [0.15, 0.2) is 0 Å². The second-order valence-corrected chi connectivity index (χ2v) is 3.23. The molecule has 0 spiro atoms. The number of hydrogen-bond acceptors (Lipinski definition) is 3. The van der Waals surface area contributed by atoms with Gasteiger partial charge in [-0.1, -0.05) is 0 Å². The number of carbonyl (C=O) groups excluding carboxylic acids is 1. The van der Waals surface area contributed by atoms with E-state index in [0.717, 1.165) is 32.0 Å². The fraction of sp³-hybridized carbons (Fsp3) is 0.857. The van der Waals surface area contributed by atoms with Gasteiger partial charge in [-0.05, 0) is 18.8 Å². The van der Waals surface area contributed by atoms with Crippen LogP contribution in [-0.2, 0) is 4.79 Å². The van der Waals surface area contributed by atoms with Crippen molar-refractivity contribution in [2.45, 2.75) is 12.8 Å². The Labute approximate surface area is 66.1 Å². The molecule has 2 rings (SSSR count). The average molecular weight is 155 g/mol. The quantitative estimate of drug-likeness (QED) is 0.551. The summed E-state index contributed by atoms with van der Waals surface area (Å²) in [5.74, 6) is 0.875. The Morgan fingerprint density at radius 3 is 3.00 bits per heavy atom. The van der Waals surface area contributed by atoms with Crippen molar-refractivity contribution in [3.8, 4) is 0 Å². The Kier molecular flexibility index (Phi) is 1.79. The molecule has 0 radical (unpaired) electrons. The first-order chi connectivity index (χ1) is 5.40. The van der Waals surface area contributed by atoms with E-state index in [1.165, 1.54) is 12.8 Å². The van der Waals surface area contributed by atoms with E-state index >= 15 is 0 Å². The maximum absolute atomic E-state index is 10.2. The summed E-state index contributed by atoms with van der Waals surface area (Å²) in [5, 5.41) is 4.14. The molecule has 2 unspecified atom stereocenters. The van der Waals surface area contributed by atoms with Crippen molar-refractivity contribution in [2.24, 2.45) is 5.92 Å². The van der Waals surface area contributed by atoms with Crippen molar-refractivity contribution in [1.29, 1.82) is 0 Å². The van der Waals surface area contributed by atoms with Crippen LogP contribution in [0.3, 0.4) is 0 Å². The van der Waals surface area contributed by atoms with Gasteiger partial charge in [0.15, 0.2) is 0 Å². The Morgan fingerprint density at radius 1 is 1.36 bits per heavy atom. The lowest BCUT2D eigenvalue weighted by Crippen LogP contribution is -2.52. The van der Waals surface area contributed by atoms with Gasteiger partial charge in [0.25, 0.3) is 0 Å². The van der Waals surface area contributed by atoms with Gasteiger partial charge >= 0.3 is 0 Å². The van der Waals surface area contributed by atoms with Crippen molar-refractivity contribution in [3.63, 3.8) is 0 Å². The number of carbonyl (C=O) groups is 1. The van der Waals surface area contributed by atoms with E-state index in [-0.39, 0.29) is 0 Å². The van der Waals surface area contributed by atoms with E-state index in [4.69, 9.17) is 0 Å². The van der Waals surface area contributed by atoms with E-state index in [9.17, 15) is 4.79 Å². The predicted octanol–water partition coefficient (Wildman–Crippen LogP) is -0.410. The van der Waals surface area contributed by atoms with Crippen molar-refractivity contribution in [3.05, 3.63) is 0 Å². The largest absolute Gasteiger partial charge is 0.278 e. The predicted molar refractivity (Wildman–Crippen MR) is 40.2 cm³/mol. The molecule has 4 nitrogen and oxygen atoms in total. The van der Waals surface area contributed by atoms with Gasteiger partial charge in [0.1, 0.15) is 0 Å². The molecule has 2 aliphatic heterocycles. The topological polar surface area (TPSA) is 35.6 Å². The zero-order chi connectivity index (χ0) is 7.68. The van der Waals surface area contributed by atoms with Gasteiger partial charge in [-0.15, -0.1) is 0 Å². The summed E-state index contributed by atoms with van der Waals surface area (Å²) < 4.78 is 0. The maximum atomic E-state index is 10.2. The summed E-state index contributed by atoms with van der Waals surface area (Å²) in [5.41, 5.74) is 2.69. The second-order valence-electron chi connectivity index (χ2n) is 3.23. The molecule has 0 aliphatic carbocycles. The van der Waals surface area contributed by atoms with Crippen LogP contribution in [0.5, 0.6) is 0 Å². The molecule has 2 bridgehead atoms. The molecule has 1 N–H and O–H groups in total. The Bertz CT molecular complexity index is 162. The molecular weight excluding hydrogens is 142 g/mol. The van der Waals surface area contributed by atoms with Crippen molar-refractivity contribution in [2.75, 3.05) is 19.6 Å². The summed E-state index contributed by atoms with van der Waals surface area (Å²) in [6.45, 7) is 3.20. The van der Waals surface area contributed by atoms with Gasteiger partial charge in [-0.25, -0.2) is 5.01 Å². The van der Waals surface area contributed by atoms with Crippen LogP contribution in [0.1, 0.15) is 12.8 Å². The van der Waals surface area contributed by atoms with E-state index in [1.807, 2.05) is 5.12 Å². The molecule has 2 atom stereocenters. The minimum absolute atomic E-state index is 0.749. The number of amides is 1. The third kappa shape index (κ3) is 1.23. The van der Waals surface area contributed by atoms with Crippen LogP contribution in [-0.4, -0.2) is 36.2 Å². The van der Waals surface area contributed by atoms with Crippen LogP contribution in [0, 0.1) is 5.92 Å². The number of nitrogens with one attached hydrogen (secondary N) is 1. The first-order valence-electron chi connectivity index (χ1n) is 4.12. The monoisotopic (exact) mass is 155 g/mol. The molecule has 2 heterocycles. The lowest BCUT2D eigenvalue weighted by molar-refractivity contribution is -0.128. The molecule has 1 amide bonds. The van der Waals surface area contributed by atoms with Crippen molar-refractivity contribution >= 4 is 6.41 Å². The second kappa shape index (κ2) is 2.79. The number of hydrogen-bond donors (Lipinski definition) is 1. The summed E-state index contributed by atoms with van der Waals surface area (Å²) >= 11 is 0. The molecule has 2 fully saturated rings. The van der Waals surface area contributed by atoms with Gasteiger partial charge in [0, 0.05) is 19.6 Å². The third-order valence-corrected chi connectivity index (χ3v) is 2.56. The zero-order valence-electron chi connectivity index (χ0n) is 6.49. The molecule has 2 saturated heterocycles. The highest BCUT2D eigenvalue weighted by atomic mass is 16.1. The highest BCUT2D eigenvalue weighted by Gasteiger charge is 2.31. The van der Waals surface area contributed by atoms with Gasteiger partial charge in [-0.3, -0.25) is 10.2 Å². The lowest BCUT2D eigenvalue weighted by atomic mass is 10.1. The Balaban J connectivity index is 1.95. The van der Waals surface area contributed by atoms with Gasteiger partial charge < -0.3 is 0 Å². The maximum Gasteiger partial charge on any atom is 0.222 e. The van der Waals surface area contributed by atoms with E-state index in [1.54, 1.807) is 0 Å². The first-order valence-corrected chi connectivity index (χ1v) is 4.12. The van der Waals surface area contributed by atoms with Gasteiger partial charge in [0.05, 0.1) is 0 Å². The molecule has 62 valence electrons. The Hall–Kier alpha value is -0.610. The van der Waals surface area contributed by atoms with Crippen molar-refractivity contribution in [1.82, 2.24) is 15.6 Å². The SMILES string of the molecule is O=CNN1CCC2CCN1C2. The summed E-state index contributed by atoms with van der Waals surface area (Å²) in [6.07, 6.45) is 3.26. The molecule has 2 aliphatic rings. The number of rotatable bonds is 2. The lowest BCUT2D eigenvalue weighted by Gasteiger charge is -2.34. The highest BCUT2D eigenvalue weighted by Crippen LogP contribution is 2.25. The van der Waals surface area contributed by atoms with Crippen LogP contribution in [0.25, 0.3) is 0 Å². The molecule has 0 aromatic heterocycles. The van der Waals surface area contributed by atoms with E-state index < -0.39 is 0 Å².